The minimum Gasteiger partial charge on any atom is -0.507 e. The lowest BCUT2D eigenvalue weighted by Gasteiger charge is -2.14. The molecule has 1 saturated heterocycles. The minimum absolute atomic E-state index is 0.0356. The summed E-state index contributed by atoms with van der Waals surface area (Å²) >= 11 is 0. The molecule has 1 atom stereocenters. The van der Waals surface area contributed by atoms with E-state index in [1.165, 1.54) is 12.1 Å². The number of carbonyl (C=O) groups is 1. The van der Waals surface area contributed by atoms with E-state index in [1.54, 1.807) is 12.1 Å². The van der Waals surface area contributed by atoms with Gasteiger partial charge in [0.25, 0.3) is 5.56 Å². The molecule has 1 aromatic carbocycles. The molecular weight excluding hydrogens is 335 g/mol. The molecule has 0 radical (unpaired) electrons. The summed E-state index contributed by atoms with van der Waals surface area (Å²) in [5.41, 5.74) is 2.12. The van der Waals surface area contributed by atoms with Crippen LogP contribution in [-0.4, -0.2) is 22.0 Å². The number of aromatic nitrogens is 1. The first-order valence-corrected chi connectivity index (χ1v) is 8.75. The molecule has 2 aromatic rings. The summed E-state index contributed by atoms with van der Waals surface area (Å²) in [4.78, 5) is 26.8. The summed E-state index contributed by atoms with van der Waals surface area (Å²) in [5.74, 6) is -0.467. The van der Waals surface area contributed by atoms with Gasteiger partial charge in [0, 0.05) is 40.9 Å². The number of benzene rings is 1. The van der Waals surface area contributed by atoms with Crippen LogP contribution < -0.4 is 10.9 Å². The van der Waals surface area contributed by atoms with Crippen LogP contribution in [0.4, 0.5) is 4.39 Å². The Balaban J connectivity index is 1.79. The van der Waals surface area contributed by atoms with Crippen molar-refractivity contribution in [2.45, 2.75) is 37.6 Å². The maximum absolute atomic E-state index is 13.4. The van der Waals surface area contributed by atoms with Gasteiger partial charge in [0.1, 0.15) is 11.6 Å². The highest BCUT2D eigenvalue weighted by Gasteiger charge is 2.27. The Morgan fingerprint density at radius 2 is 1.96 bits per heavy atom. The summed E-state index contributed by atoms with van der Waals surface area (Å²) in [6.07, 6.45) is 4.92. The molecule has 1 aromatic heterocycles. The van der Waals surface area contributed by atoms with Gasteiger partial charge in [-0.3, -0.25) is 9.59 Å². The minimum atomic E-state index is -0.544. The third-order valence-electron chi connectivity index (χ3n) is 4.89. The molecular formula is C20H19FN2O3. The van der Waals surface area contributed by atoms with Crippen molar-refractivity contribution in [1.29, 1.82) is 0 Å². The van der Waals surface area contributed by atoms with Crippen LogP contribution in [0.25, 0.3) is 5.57 Å². The molecule has 6 heteroatoms. The second-order valence-corrected chi connectivity index (χ2v) is 6.89. The number of nitrogens with one attached hydrogen (secondary N) is 2. The van der Waals surface area contributed by atoms with E-state index in [1.807, 2.05) is 6.07 Å². The van der Waals surface area contributed by atoms with Gasteiger partial charge in [-0.2, -0.15) is 0 Å². The lowest BCUT2D eigenvalue weighted by atomic mass is 9.97. The van der Waals surface area contributed by atoms with Crippen molar-refractivity contribution >= 4 is 11.5 Å². The molecule has 0 spiro atoms. The summed E-state index contributed by atoms with van der Waals surface area (Å²) in [6.45, 7) is 0. The molecule has 5 nitrogen and oxygen atoms in total. The lowest BCUT2D eigenvalue weighted by molar-refractivity contribution is -0.119. The van der Waals surface area contributed by atoms with Crippen LogP contribution in [0.15, 0.2) is 41.2 Å². The summed E-state index contributed by atoms with van der Waals surface area (Å²) in [6, 6.07) is 7.18. The quantitative estimate of drug-likeness (QED) is 0.790. The lowest BCUT2D eigenvalue weighted by Crippen LogP contribution is -2.23. The maximum Gasteiger partial charge on any atom is 0.251 e. The average molecular weight is 354 g/mol. The normalized spacial score (nSPS) is 20.3. The number of halogens is 1. The molecule has 1 amide bonds. The molecule has 2 fully saturated rings. The molecule has 26 heavy (non-hydrogen) atoms. The van der Waals surface area contributed by atoms with E-state index in [4.69, 9.17) is 0 Å². The Hall–Kier alpha value is -2.89. The van der Waals surface area contributed by atoms with Gasteiger partial charge in [-0.05, 0) is 43.4 Å². The molecule has 4 rings (SSSR count). The molecule has 2 heterocycles. The van der Waals surface area contributed by atoms with Crippen molar-refractivity contribution in [1.82, 2.24) is 10.3 Å². The largest absolute Gasteiger partial charge is 0.507 e. The molecule has 0 unspecified atom stereocenters. The van der Waals surface area contributed by atoms with Crippen molar-refractivity contribution in [2.75, 3.05) is 0 Å². The van der Waals surface area contributed by atoms with E-state index in [0.29, 0.717) is 35.6 Å². The highest BCUT2D eigenvalue weighted by molar-refractivity contribution is 5.84. The molecule has 1 saturated carbocycles. The van der Waals surface area contributed by atoms with Crippen LogP contribution in [0, 0.1) is 5.82 Å². The number of aromatic amines is 1. The van der Waals surface area contributed by atoms with E-state index in [2.05, 4.69) is 10.3 Å². The highest BCUT2D eigenvalue weighted by Crippen LogP contribution is 2.38. The summed E-state index contributed by atoms with van der Waals surface area (Å²) < 4.78 is 13.4. The number of phenolic OH excluding ortho intramolecular Hbond substituents is 1. The van der Waals surface area contributed by atoms with Crippen LogP contribution >= 0.6 is 0 Å². The van der Waals surface area contributed by atoms with Gasteiger partial charge in [-0.1, -0.05) is 12.1 Å². The first-order chi connectivity index (χ1) is 12.5. The first-order valence-electron chi connectivity index (χ1n) is 8.75. The van der Waals surface area contributed by atoms with Gasteiger partial charge in [0.15, 0.2) is 0 Å². The monoisotopic (exact) mass is 354 g/mol. The number of pyridine rings is 1. The van der Waals surface area contributed by atoms with Crippen molar-refractivity contribution in [2.24, 2.45) is 0 Å². The summed E-state index contributed by atoms with van der Waals surface area (Å²) in [7, 11) is 0. The zero-order chi connectivity index (χ0) is 18.3. The van der Waals surface area contributed by atoms with Gasteiger partial charge in [0.2, 0.25) is 5.91 Å². The van der Waals surface area contributed by atoms with Gasteiger partial charge in [-0.25, -0.2) is 4.39 Å². The van der Waals surface area contributed by atoms with E-state index < -0.39 is 5.82 Å². The van der Waals surface area contributed by atoms with Gasteiger partial charge in [0.05, 0.1) is 0 Å². The second kappa shape index (κ2) is 6.44. The fraction of sp³-hybridized carbons (Fsp3) is 0.300. The molecule has 1 aliphatic heterocycles. The van der Waals surface area contributed by atoms with Crippen molar-refractivity contribution in [3.05, 3.63) is 69.4 Å². The third-order valence-corrected chi connectivity index (χ3v) is 4.89. The highest BCUT2D eigenvalue weighted by atomic mass is 19.1. The van der Waals surface area contributed by atoms with E-state index in [9.17, 15) is 19.1 Å². The number of H-pyrrole nitrogens is 1. The van der Waals surface area contributed by atoms with Crippen molar-refractivity contribution < 1.29 is 14.3 Å². The fourth-order valence-corrected chi connectivity index (χ4v) is 3.38. The number of carbonyl (C=O) groups excluding carboxylic acids is 1. The predicted octanol–water partition coefficient (Wildman–Crippen LogP) is 2.81. The molecule has 3 N–H and O–H groups in total. The smallest absolute Gasteiger partial charge is 0.251 e. The first kappa shape index (κ1) is 16.6. The Bertz CT molecular complexity index is 960. The number of rotatable bonds is 4. The average Bonchev–Trinajstić information content (AvgIpc) is 3.35. The molecule has 134 valence electrons. The second-order valence-electron chi connectivity index (χ2n) is 6.89. The van der Waals surface area contributed by atoms with Crippen LogP contribution in [0.5, 0.6) is 5.75 Å². The number of hydrogen-bond donors (Lipinski definition) is 3. The SMILES string of the molecule is O=C1CC[C@H](/C=C(\c2ccc(C3CC3)c(=O)[nH]2)c2ccc(F)cc2O)N1. The number of phenols is 1. The standard InChI is InChI=1S/C20H19FN2O3/c21-12-3-5-15(18(24)9-12)16(10-13-4-8-19(25)22-13)17-7-6-14(11-1-2-11)20(26)23-17/h3,5-7,9-11,13,24H,1-2,4,8H2,(H,22,25)(H,23,26)/b16-10-/t13-/m1/s1. The van der Waals surface area contributed by atoms with Crippen LogP contribution in [0.3, 0.4) is 0 Å². The summed E-state index contributed by atoms with van der Waals surface area (Å²) in [5, 5.41) is 13.1. The Morgan fingerprint density at radius 1 is 1.15 bits per heavy atom. The van der Waals surface area contributed by atoms with Crippen LogP contribution in [0.2, 0.25) is 0 Å². The van der Waals surface area contributed by atoms with E-state index in [-0.39, 0.29) is 23.3 Å². The fourth-order valence-electron chi connectivity index (χ4n) is 3.38. The van der Waals surface area contributed by atoms with E-state index in [0.717, 1.165) is 24.5 Å². The third kappa shape index (κ3) is 3.27. The maximum atomic E-state index is 13.4. The Labute approximate surface area is 149 Å². The number of hydrogen-bond acceptors (Lipinski definition) is 3. The topological polar surface area (TPSA) is 82.2 Å². The molecule has 1 aliphatic carbocycles. The van der Waals surface area contributed by atoms with Gasteiger partial charge in [-0.15, -0.1) is 0 Å². The van der Waals surface area contributed by atoms with Crippen molar-refractivity contribution in [3.63, 3.8) is 0 Å². The van der Waals surface area contributed by atoms with E-state index >= 15 is 0 Å². The molecule has 2 aliphatic rings. The zero-order valence-electron chi connectivity index (χ0n) is 14.1. The predicted molar refractivity (Wildman–Crippen MR) is 95.3 cm³/mol. The zero-order valence-corrected chi connectivity index (χ0v) is 14.1. The Morgan fingerprint density at radius 3 is 2.58 bits per heavy atom. The van der Waals surface area contributed by atoms with Crippen molar-refractivity contribution in [3.8, 4) is 5.75 Å². The molecule has 0 bridgehead atoms. The Kier molecular flexibility index (Phi) is 4.11. The number of aromatic hydroxyl groups is 1. The van der Waals surface area contributed by atoms with Gasteiger partial charge < -0.3 is 15.4 Å². The van der Waals surface area contributed by atoms with Gasteiger partial charge >= 0.3 is 0 Å². The van der Waals surface area contributed by atoms with Crippen LogP contribution in [0.1, 0.15) is 48.4 Å². The number of amides is 1. The van der Waals surface area contributed by atoms with Crippen LogP contribution in [-0.2, 0) is 4.79 Å².